The second-order valence-electron chi connectivity index (χ2n) is 5.83. The molecule has 0 spiro atoms. The number of carbonyl (C=O) groups excluding carboxylic acids is 1. The summed E-state index contributed by atoms with van der Waals surface area (Å²) in [6.45, 7) is 3.48. The highest BCUT2D eigenvalue weighted by molar-refractivity contribution is 6.33. The maximum Gasteiger partial charge on any atom is 0.255 e. The van der Waals surface area contributed by atoms with Gasteiger partial charge in [0.1, 0.15) is 5.82 Å². The van der Waals surface area contributed by atoms with E-state index < -0.39 is 5.82 Å². The van der Waals surface area contributed by atoms with Crippen LogP contribution in [-0.4, -0.2) is 61.6 Å². The number of ether oxygens (including phenoxy) is 1. The molecule has 21 heavy (non-hydrogen) atoms. The number of carbonyl (C=O) groups is 1. The van der Waals surface area contributed by atoms with Gasteiger partial charge in [-0.2, -0.15) is 0 Å². The molecule has 2 atom stereocenters. The van der Waals surface area contributed by atoms with E-state index in [9.17, 15) is 9.18 Å². The molecule has 114 valence electrons. The summed E-state index contributed by atoms with van der Waals surface area (Å²) in [5.41, 5.74) is 0.363. The number of likely N-dealkylation sites (N-methyl/N-ethyl adjacent to an activating group) is 1. The molecule has 2 aliphatic rings. The Bertz CT molecular complexity index is 554. The summed E-state index contributed by atoms with van der Waals surface area (Å²) in [6, 6.07) is 4.11. The van der Waals surface area contributed by atoms with Gasteiger partial charge in [-0.05, 0) is 25.2 Å². The van der Waals surface area contributed by atoms with E-state index in [1.165, 1.54) is 18.2 Å². The maximum atomic E-state index is 13.1. The van der Waals surface area contributed by atoms with Gasteiger partial charge in [0.25, 0.3) is 5.91 Å². The molecule has 0 aliphatic carbocycles. The number of hydrogen-bond donors (Lipinski definition) is 0. The Labute approximate surface area is 128 Å². The van der Waals surface area contributed by atoms with E-state index >= 15 is 0 Å². The first kappa shape index (κ1) is 14.8. The molecular weight excluding hydrogens is 295 g/mol. The highest BCUT2D eigenvalue weighted by Crippen LogP contribution is 2.23. The first-order chi connectivity index (χ1) is 10.0. The van der Waals surface area contributed by atoms with E-state index in [-0.39, 0.29) is 17.0 Å². The molecule has 0 saturated carbocycles. The fourth-order valence-electron chi connectivity index (χ4n) is 3.05. The van der Waals surface area contributed by atoms with E-state index in [2.05, 4.69) is 11.9 Å². The van der Waals surface area contributed by atoms with Gasteiger partial charge in [0, 0.05) is 25.6 Å². The van der Waals surface area contributed by atoms with Crippen molar-refractivity contribution in [1.82, 2.24) is 9.80 Å². The predicted molar refractivity (Wildman–Crippen MR) is 78.0 cm³/mol. The number of amides is 1. The van der Waals surface area contributed by atoms with Crippen LogP contribution in [-0.2, 0) is 4.74 Å². The van der Waals surface area contributed by atoms with E-state index in [4.69, 9.17) is 16.3 Å². The van der Waals surface area contributed by atoms with Crippen molar-refractivity contribution >= 4 is 17.5 Å². The van der Waals surface area contributed by atoms with Gasteiger partial charge < -0.3 is 9.64 Å². The van der Waals surface area contributed by atoms with Gasteiger partial charge in [0.15, 0.2) is 0 Å². The molecule has 0 aromatic heterocycles. The molecular formula is C15H18ClFN2O2. The third-order valence-electron chi connectivity index (χ3n) is 4.19. The Morgan fingerprint density at radius 1 is 1.33 bits per heavy atom. The molecule has 2 saturated heterocycles. The lowest BCUT2D eigenvalue weighted by Gasteiger charge is -2.30. The van der Waals surface area contributed by atoms with Gasteiger partial charge in [-0.1, -0.05) is 11.6 Å². The summed E-state index contributed by atoms with van der Waals surface area (Å²) >= 11 is 6.01. The van der Waals surface area contributed by atoms with E-state index in [0.717, 1.165) is 6.54 Å². The fraction of sp³-hybridized carbons (Fsp3) is 0.533. The Balaban J connectivity index is 1.84. The van der Waals surface area contributed by atoms with E-state index in [0.29, 0.717) is 37.8 Å². The smallest absolute Gasteiger partial charge is 0.255 e. The molecule has 2 bridgehead atoms. The topological polar surface area (TPSA) is 32.8 Å². The minimum absolute atomic E-state index is 0.132. The average molecular weight is 313 g/mol. The number of nitrogens with zero attached hydrogens (tertiary/aromatic N) is 2. The monoisotopic (exact) mass is 312 g/mol. The lowest BCUT2D eigenvalue weighted by Crippen LogP contribution is -2.44. The van der Waals surface area contributed by atoms with Crippen LogP contribution in [0.2, 0.25) is 5.02 Å². The number of hydrogen-bond acceptors (Lipinski definition) is 3. The zero-order chi connectivity index (χ0) is 15.0. The van der Waals surface area contributed by atoms with Crippen molar-refractivity contribution in [3.8, 4) is 0 Å². The second kappa shape index (κ2) is 5.91. The summed E-state index contributed by atoms with van der Waals surface area (Å²) < 4.78 is 18.8. The van der Waals surface area contributed by atoms with Crippen LogP contribution in [0.1, 0.15) is 10.4 Å². The molecule has 2 fully saturated rings. The van der Waals surface area contributed by atoms with E-state index in [1.54, 1.807) is 0 Å². The van der Waals surface area contributed by atoms with Gasteiger partial charge in [-0.25, -0.2) is 4.39 Å². The molecule has 0 N–H and O–H groups in total. The second-order valence-corrected chi connectivity index (χ2v) is 6.24. The summed E-state index contributed by atoms with van der Waals surface area (Å²) in [5, 5.41) is 0.166. The van der Waals surface area contributed by atoms with Crippen molar-refractivity contribution in [1.29, 1.82) is 0 Å². The SMILES string of the molecule is CN1C[C@H]2COC[C@@H]1CN(C(=O)c1ccc(F)cc1Cl)C2. The van der Waals surface area contributed by atoms with Crippen molar-refractivity contribution in [2.24, 2.45) is 5.92 Å². The molecule has 1 aromatic carbocycles. The average Bonchev–Trinajstić information content (AvgIpc) is 2.66. The van der Waals surface area contributed by atoms with Crippen LogP contribution in [0.5, 0.6) is 0 Å². The Hall–Kier alpha value is -1.17. The number of rotatable bonds is 1. The molecule has 2 aliphatic heterocycles. The van der Waals surface area contributed by atoms with Crippen LogP contribution in [0, 0.1) is 11.7 Å². The predicted octanol–water partition coefficient (Wildman–Crippen LogP) is 1.88. The first-order valence-electron chi connectivity index (χ1n) is 7.07. The minimum atomic E-state index is -0.433. The first-order valence-corrected chi connectivity index (χ1v) is 7.44. The summed E-state index contributed by atoms with van der Waals surface area (Å²) in [6.07, 6.45) is 0. The Morgan fingerprint density at radius 3 is 2.90 bits per heavy atom. The van der Waals surface area contributed by atoms with Crippen molar-refractivity contribution < 1.29 is 13.9 Å². The van der Waals surface area contributed by atoms with Crippen LogP contribution >= 0.6 is 11.6 Å². The summed E-state index contributed by atoms with van der Waals surface area (Å²) in [5.74, 6) is -0.268. The van der Waals surface area contributed by atoms with Crippen LogP contribution < -0.4 is 0 Å². The third kappa shape index (κ3) is 3.05. The maximum absolute atomic E-state index is 13.1. The van der Waals surface area contributed by atoms with Crippen molar-refractivity contribution in [2.45, 2.75) is 6.04 Å². The zero-order valence-electron chi connectivity index (χ0n) is 11.9. The molecule has 1 aromatic rings. The Morgan fingerprint density at radius 2 is 2.14 bits per heavy atom. The molecule has 3 rings (SSSR count). The van der Waals surface area contributed by atoms with Gasteiger partial charge >= 0.3 is 0 Å². The van der Waals surface area contributed by atoms with Crippen molar-refractivity contribution in [3.05, 3.63) is 34.6 Å². The fourth-order valence-corrected chi connectivity index (χ4v) is 3.30. The van der Waals surface area contributed by atoms with Crippen LogP contribution in [0.3, 0.4) is 0 Å². The highest BCUT2D eigenvalue weighted by atomic mass is 35.5. The summed E-state index contributed by atoms with van der Waals surface area (Å²) in [4.78, 5) is 16.7. The molecule has 2 heterocycles. The normalized spacial score (nSPS) is 26.5. The van der Waals surface area contributed by atoms with Crippen molar-refractivity contribution in [3.63, 3.8) is 0 Å². The summed E-state index contributed by atoms with van der Waals surface area (Å²) in [7, 11) is 2.06. The lowest BCUT2D eigenvalue weighted by molar-refractivity contribution is 0.0434. The molecule has 4 nitrogen and oxygen atoms in total. The Kier molecular flexibility index (Phi) is 4.15. The molecule has 1 amide bonds. The molecule has 6 heteroatoms. The lowest BCUT2D eigenvalue weighted by atomic mass is 10.1. The van der Waals surface area contributed by atoms with Gasteiger partial charge in [-0.15, -0.1) is 0 Å². The highest BCUT2D eigenvalue weighted by Gasteiger charge is 2.34. The van der Waals surface area contributed by atoms with Gasteiger partial charge in [0.2, 0.25) is 0 Å². The largest absolute Gasteiger partial charge is 0.379 e. The third-order valence-corrected chi connectivity index (χ3v) is 4.50. The molecule has 0 unspecified atom stereocenters. The van der Waals surface area contributed by atoms with Gasteiger partial charge in [-0.3, -0.25) is 9.69 Å². The minimum Gasteiger partial charge on any atom is -0.379 e. The van der Waals surface area contributed by atoms with Crippen LogP contribution in [0.4, 0.5) is 4.39 Å². The number of benzene rings is 1. The van der Waals surface area contributed by atoms with E-state index in [1.807, 2.05) is 4.90 Å². The van der Waals surface area contributed by atoms with Crippen LogP contribution in [0.25, 0.3) is 0 Å². The molecule has 0 radical (unpaired) electrons. The van der Waals surface area contributed by atoms with Gasteiger partial charge in [0.05, 0.1) is 29.8 Å². The zero-order valence-corrected chi connectivity index (χ0v) is 12.6. The van der Waals surface area contributed by atoms with Crippen LogP contribution in [0.15, 0.2) is 18.2 Å². The van der Waals surface area contributed by atoms with Crippen molar-refractivity contribution in [2.75, 3.05) is 39.9 Å². The number of halogens is 2. The standard InChI is InChI=1S/C15H18ClFN2O2/c1-18-5-10-6-19(7-12(18)9-21-8-10)15(20)13-3-2-11(17)4-14(13)16/h2-4,10,12H,5-9H2,1H3/t10-,12+/m1/s1. The quantitative estimate of drug-likeness (QED) is 0.794. The number of fused-ring (bicyclic) bond motifs is 3.